The van der Waals surface area contributed by atoms with Gasteiger partial charge in [-0.25, -0.2) is 0 Å². The minimum absolute atomic E-state index is 0.220. The molecule has 7 heteroatoms. The van der Waals surface area contributed by atoms with Crippen molar-refractivity contribution in [1.29, 1.82) is 0 Å². The number of carbonyl (C=O) groups is 1. The van der Waals surface area contributed by atoms with Gasteiger partial charge in [-0.2, -0.15) is 0 Å². The summed E-state index contributed by atoms with van der Waals surface area (Å²) in [5.41, 5.74) is 0.687. The number of hydrogen-bond donors (Lipinski definition) is 1. The minimum Gasteiger partial charge on any atom is -0.351 e. The quantitative estimate of drug-likeness (QED) is 0.910. The van der Waals surface area contributed by atoms with Crippen molar-refractivity contribution in [3.8, 4) is 0 Å². The van der Waals surface area contributed by atoms with Crippen LogP contribution in [0.5, 0.6) is 0 Å². The molecule has 0 bridgehead atoms. The molecule has 0 aromatic carbocycles. The van der Waals surface area contributed by atoms with E-state index < -0.39 is 0 Å². The van der Waals surface area contributed by atoms with Crippen molar-refractivity contribution in [1.82, 2.24) is 25.2 Å². The monoisotopic (exact) mass is 275 g/mol. The third-order valence-corrected chi connectivity index (χ3v) is 3.44. The molecule has 0 aliphatic carbocycles. The Kier molecular flexibility index (Phi) is 3.49. The number of nitrogens with zero attached hydrogens (tertiary/aromatic N) is 4. The van der Waals surface area contributed by atoms with Gasteiger partial charge in [0.15, 0.2) is 5.82 Å². The molecule has 7 nitrogen and oxygen atoms in total. The van der Waals surface area contributed by atoms with Crippen molar-refractivity contribution < 1.29 is 9.32 Å². The predicted molar refractivity (Wildman–Crippen MR) is 70.0 cm³/mol. The second kappa shape index (κ2) is 5.44. The fourth-order valence-corrected chi connectivity index (χ4v) is 2.39. The number of rotatable bonds is 3. The Morgan fingerprint density at radius 3 is 3.10 bits per heavy atom. The third kappa shape index (κ3) is 2.56. The highest BCUT2D eigenvalue weighted by Gasteiger charge is 2.16. The summed E-state index contributed by atoms with van der Waals surface area (Å²) in [5, 5.41) is 14.8. The van der Waals surface area contributed by atoms with Gasteiger partial charge in [-0.3, -0.25) is 4.79 Å². The molecule has 3 rings (SSSR count). The van der Waals surface area contributed by atoms with Crippen LogP contribution < -0.4 is 5.32 Å². The summed E-state index contributed by atoms with van der Waals surface area (Å²) in [6.45, 7) is 3.05. The minimum atomic E-state index is -0.281. The van der Waals surface area contributed by atoms with Crippen LogP contribution in [0.3, 0.4) is 0 Å². The van der Waals surface area contributed by atoms with Crippen LogP contribution in [0.4, 0.5) is 0 Å². The van der Waals surface area contributed by atoms with E-state index in [4.69, 9.17) is 4.52 Å². The lowest BCUT2D eigenvalue weighted by atomic mass is 10.2. The molecule has 0 fully saturated rings. The molecule has 0 saturated carbocycles. The number of fused-ring (bicyclic) bond motifs is 1. The van der Waals surface area contributed by atoms with E-state index in [1.54, 1.807) is 13.0 Å². The number of nitrogens with one attached hydrogen (secondary N) is 1. The van der Waals surface area contributed by atoms with Gasteiger partial charge in [0, 0.05) is 19.0 Å². The average Bonchev–Trinajstić information content (AvgIpc) is 2.96. The number of hydrogen-bond acceptors (Lipinski definition) is 5. The molecule has 106 valence electrons. The SMILES string of the molecule is Cc1cc(C(=O)NCc2nnc3n2CCCCC3)on1. The first-order valence-electron chi connectivity index (χ1n) is 6.86. The summed E-state index contributed by atoms with van der Waals surface area (Å²) in [5.74, 6) is 1.75. The smallest absolute Gasteiger partial charge is 0.290 e. The fraction of sp³-hybridized carbons (Fsp3) is 0.538. The van der Waals surface area contributed by atoms with E-state index in [-0.39, 0.29) is 11.7 Å². The molecule has 0 atom stereocenters. The Labute approximate surface area is 116 Å². The lowest BCUT2D eigenvalue weighted by Crippen LogP contribution is -2.24. The van der Waals surface area contributed by atoms with Gasteiger partial charge < -0.3 is 14.4 Å². The van der Waals surface area contributed by atoms with Gasteiger partial charge in [0.2, 0.25) is 5.76 Å². The highest BCUT2D eigenvalue weighted by molar-refractivity contribution is 5.91. The average molecular weight is 275 g/mol. The molecule has 1 amide bonds. The normalized spacial score (nSPS) is 14.7. The number of aryl methyl sites for hydroxylation is 2. The zero-order valence-corrected chi connectivity index (χ0v) is 11.4. The summed E-state index contributed by atoms with van der Waals surface area (Å²) in [7, 11) is 0. The summed E-state index contributed by atoms with van der Waals surface area (Å²) in [6, 6.07) is 1.61. The molecule has 1 aliphatic rings. The number of carbonyl (C=O) groups excluding carboxylic acids is 1. The van der Waals surface area contributed by atoms with E-state index in [0.29, 0.717) is 12.2 Å². The predicted octanol–water partition coefficient (Wildman–Crippen LogP) is 1.23. The van der Waals surface area contributed by atoms with E-state index in [2.05, 4.69) is 25.2 Å². The van der Waals surface area contributed by atoms with Crippen LogP contribution in [-0.4, -0.2) is 25.8 Å². The fourth-order valence-electron chi connectivity index (χ4n) is 2.39. The van der Waals surface area contributed by atoms with Gasteiger partial charge in [-0.1, -0.05) is 11.6 Å². The van der Waals surface area contributed by atoms with Crippen molar-refractivity contribution >= 4 is 5.91 Å². The summed E-state index contributed by atoms with van der Waals surface area (Å²) in [4.78, 5) is 11.9. The number of amides is 1. The summed E-state index contributed by atoms with van der Waals surface area (Å²) < 4.78 is 7.03. The first-order valence-corrected chi connectivity index (χ1v) is 6.86. The summed E-state index contributed by atoms with van der Waals surface area (Å²) >= 11 is 0. The van der Waals surface area contributed by atoms with E-state index in [1.807, 2.05) is 0 Å². The van der Waals surface area contributed by atoms with Crippen molar-refractivity contribution in [2.45, 2.75) is 45.7 Å². The van der Waals surface area contributed by atoms with Gasteiger partial charge >= 0.3 is 0 Å². The second-order valence-corrected chi connectivity index (χ2v) is 5.01. The van der Waals surface area contributed by atoms with Crippen LogP contribution in [0.15, 0.2) is 10.6 Å². The highest BCUT2D eigenvalue weighted by atomic mass is 16.5. The van der Waals surface area contributed by atoms with E-state index in [0.717, 1.165) is 37.5 Å². The number of aromatic nitrogens is 4. The van der Waals surface area contributed by atoms with Gasteiger partial charge in [0.25, 0.3) is 5.91 Å². The second-order valence-electron chi connectivity index (χ2n) is 5.01. The van der Waals surface area contributed by atoms with Crippen molar-refractivity contribution in [2.75, 3.05) is 0 Å². The Morgan fingerprint density at radius 1 is 1.40 bits per heavy atom. The standard InChI is InChI=1S/C13H17N5O2/c1-9-7-10(20-17-9)13(19)14-8-12-16-15-11-5-3-2-4-6-18(11)12/h7H,2-6,8H2,1H3,(H,14,19). The Balaban J connectivity index is 1.67. The van der Waals surface area contributed by atoms with E-state index in [1.165, 1.54) is 6.42 Å². The van der Waals surface area contributed by atoms with Gasteiger partial charge in [0.1, 0.15) is 5.82 Å². The molecule has 0 saturated heterocycles. The Morgan fingerprint density at radius 2 is 2.30 bits per heavy atom. The van der Waals surface area contributed by atoms with Crippen LogP contribution in [-0.2, 0) is 19.5 Å². The van der Waals surface area contributed by atoms with E-state index >= 15 is 0 Å². The van der Waals surface area contributed by atoms with Crippen LogP contribution in [0, 0.1) is 6.92 Å². The first-order chi connectivity index (χ1) is 9.74. The lowest BCUT2D eigenvalue weighted by Gasteiger charge is -2.07. The van der Waals surface area contributed by atoms with Crippen molar-refractivity contribution in [3.63, 3.8) is 0 Å². The van der Waals surface area contributed by atoms with Crippen LogP contribution in [0.2, 0.25) is 0 Å². The maximum atomic E-state index is 11.9. The summed E-state index contributed by atoms with van der Waals surface area (Å²) in [6.07, 6.45) is 4.46. The molecule has 0 radical (unpaired) electrons. The maximum Gasteiger partial charge on any atom is 0.290 e. The lowest BCUT2D eigenvalue weighted by molar-refractivity contribution is 0.0912. The van der Waals surface area contributed by atoms with Gasteiger partial charge in [-0.05, 0) is 19.8 Å². The zero-order valence-electron chi connectivity index (χ0n) is 11.4. The van der Waals surface area contributed by atoms with Crippen LogP contribution in [0.1, 0.15) is 47.2 Å². The molecule has 0 unspecified atom stereocenters. The topological polar surface area (TPSA) is 85.8 Å². The van der Waals surface area contributed by atoms with Gasteiger partial charge in [-0.15, -0.1) is 10.2 Å². The van der Waals surface area contributed by atoms with Crippen LogP contribution in [0.25, 0.3) is 0 Å². The zero-order chi connectivity index (χ0) is 13.9. The molecule has 3 heterocycles. The third-order valence-electron chi connectivity index (χ3n) is 3.44. The molecule has 20 heavy (non-hydrogen) atoms. The van der Waals surface area contributed by atoms with Crippen molar-refractivity contribution in [3.05, 3.63) is 29.2 Å². The van der Waals surface area contributed by atoms with Crippen LogP contribution >= 0.6 is 0 Å². The highest BCUT2D eigenvalue weighted by Crippen LogP contribution is 2.14. The van der Waals surface area contributed by atoms with Gasteiger partial charge in [0.05, 0.1) is 12.2 Å². The molecular formula is C13H17N5O2. The first kappa shape index (κ1) is 12.8. The molecule has 0 spiro atoms. The molecule has 1 aliphatic heterocycles. The molecule has 2 aromatic heterocycles. The largest absolute Gasteiger partial charge is 0.351 e. The van der Waals surface area contributed by atoms with Crippen molar-refractivity contribution in [2.24, 2.45) is 0 Å². The Hall–Kier alpha value is -2.18. The molecule has 1 N–H and O–H groups in total. The van der Waals surface area contributed by atoms with E-state index in [9.17, 15) is 4.79 Å². The maximum absolute atomic E-state index is 11.9. The molecule has 2 aromatic rings. The molecular weight excluding hydrogens is 258 g/mol. The Bertz CT molecular complexity index is 616.